The van der Waals surface area contributed by atoms with Gasteiger partial charge in [0.05, 0.1) is 6.61 Å². The summed E-state index contributed by atoms with van der Waals surface area (Å²) in [6.45, 7) is 5.22. The number of carbonyl (C=O) groups is 2. The highest BCUT2D eigenvalue weighted by Gasteiger charge is 2.28. The number of anilines is 1. The van der Waals surface area contributed by atoms with Gasteiger partial charge in [-0.15, -0.1) is 12.4 Å². The summed E-state index contributed by atoms with van der Waals surface area (Å²) in [5, 5.41) is 0.580. The molecule has 0 bridgehead atoms. The van der Waals surface area contributed by atoms with E-state index in [9.17, 15) is 9.59 Å². The second kappa shape index (κ2) is 12.3. The van der Waals surface area contributed by atoms with E-state index in [2.05, 4.69) is 4.90 Å². The molecular formula is C25H31Cl2N3O3. The van der Waals surface area contributed by atoms with Crippen LogP contribution in [0.25, 0.3) is 0 Å². The molecule has 6 nitrogen and oxygen atoms in total. The zero-order valence-electron chi connectivity index (χ0n) is 18.7. The number of piperidine rings is 1. The summed E-state index contributed by atoms with van der Waals surface area (Å²) in [6, 6.07) is 14.4. The Balaban J connectivity index is 0.00000306. The van der Waals surface area contributed by atoms with Crippen molar-refractivity contribution in [2.75, 3.05) is 50.8 Å². The average Bonchev–Trinajstić information content (AvgIpc) is 2.83. The standard InChI is InChI=1S/C25H30ClN3O3.ClH/c26-21-7-5-20(6-8-21)25(31)28-16-17-29(24(30)19-28)22-9-11-23(12-10-22)32-18-4-15-27-13-2-1-3-14-27;/h5-12H,1-4,13-19H2;1H. The van der Waals surface area contributed by atoms with Crippen molar-refractivity contribution in [1.82, 2.24) is 9.80 Å². The molecule has 2 aromatic carbocycles. The number of likely N-dealkylation sites (tertiary alicyclic amines) is 1. The Morgan fingerprint density at radius 2 is 1.61 bits per heavy atom. The summed E-state index contributed by atoms with van der Waals surface area (Å²) in [5.74, 6) is 0.577. The van der Waals surface area contributed by atoms with Gasteiger partial charge < -0.3 is 19.4 Å². The Morgan fingerprint density at radius 1 is 0.909 bits per heavy atom. The third kappa shape index (κ3) is 6.85. The number of piperazine rings is 1. The van der Waals surface area contributed by atoms with Crippen LogP contribution in [0.1, 0.15) is 36.0 Å². The van der Waals surface area contributed by atoms with Crippen molar-refractivity contribution < 1.29 is 14.3 Å². The van der Waals surface area contributed by atoms with Gasteiger partial charge in [0.15, 0.2) is 0 Å². The quantitative estimate of drug-likeness (QED) is 0.534. The molecule has 0 N–H and O–H groups in total. The zero-order chi connectivity index (χ0) is 22.3. The summed E-state index contributed by atoms with van der Waals surface area (Å²) < 4.78 is 5.88. The lowest BCUT2D eigenvalue weighted by Gasteiger charge is -2.34. The van der Waals surface area contributed by atoms with Gasteiger partial charge >= 0.3 is 0 Å². The van der Waals surface area contributed by atoms with Crippen LogP contribution in [-0.4, -0.2) is 67.5 Å². The maximum atomic E-state index is 12.7. The number of benzene rings is 2. The molecule has 0 unspecified atom stereocenters. The predicted octanol–water partition coefficient (Wildman–Crippen LogP) is 4.51. The Labute approximate surface area is 206 Å². The molecule has 4 rings (SSSR count). The van der Waals surface area contributed by atoms with E-state index in [1.54, 1.807) is 34.1 Å². The van der Waals surface area contributed by atoms with Crippen molar-refractivity contribution in [3.05, 3.63) is 59.1 Å². The monoisotopic (exact) mass is 491 g/mol. The fourth-order valence-electron chi connectivity index (χ4n) is 4.28. The van der Waals surface area contributed by atoms with E-state index in [1.807, 2.05) is 24.3 Å². The minimum Gasteiger partial charge on any atom is -0.494 e. The summed E-state index contributed by atoms with van der Waals surface area (Å²) in [7, 11) is 0. The maximum Gasteiger partial charge on any atom is 0.254 e. The summed E-state index contributed by atoms with van der Waals surface area (Å²) in [5.41, 5.74) is 1.37. The fraction of sp³-hybridized carbons (Fsp3) is 0.440. The minimum absolute atomic E-state index is 0. The van der Waals surface area contributed by atoms with Gasteiger partial charge in [0.25, 0.3) is 5.91 Å². The van der Waals surface area contributed by atoms with Gasteiger partial charge in [0, 0.05) is 35.9 Å². The summed E-state index contributed by atoms with van der Waals surface area (Å²) in [4.78, 5) is 31.2. The van der Waals surface area contributed by atoms with E-state index < -0.39 is 0 Å². The molecule has 0 aliphatic carbocycles. The molecular weight excluding hydrogens is 461 g/mol. The number of hydrogen-bond acceptors (Lipinski definition) is 4. The predicted molar refractivity (Wildman–Crippen MR) is 134 cm³/mol. The topological polar surface area (TPSA) is 53.1 Å². The van der Waals surface area contributed by atoms with Crippen LogP contribution in [0.4, 0.5) is 5.69 Å². The molecule has 2 amide bonds. The highest BCUT2D eigenvalue weighted by atomic mass is 35.5. The number of rotatable bonds is 7. The normalized spacial score (nSPS) is 16.9. The molecule has 2 heterocycles. The smallest absolute Gasteiger partial charge is 0.254 e. The van der Waals surface area contributed by atoms with Gasteiger partial charge in [-0.25, -0.2) is 0 Å². The molecule has 8 heteroatoms. The van der Waals surface area contributed by atoms with Gasteiger partial charge in [-0.05, 0) is 80.9 Å². The van der Waals surface area contributed by atoms with Crippen molar-refractivity contribution in [3.8, 4) is 5.75 Å². The van der Waals surface area contributed by atoms with Gasteiger partial charge in [-0.2, -0.15) is 0 Å². The second-order valence-corrected chi connectivity index (χ2v) is 8.81. The van der Waals surface area contributed by atoms with E-state index in [0.29, 0.717) is 30.3 Å². The summed E-state index contributed by atoms with van der Waals surface area (Å²) >= 11 is 5.89. The Hall–Kier alpha value is -2.28. The van der Waals surface area contributed by atoms with E-state index in [-0.39, 0.29) is 30.8 Å². The Bertz CT molecular complexity index is 915. The highest BCUT2D eigenvalue weighted by Crippen LogP contribution is 2.22. The second-order valence-electron chi connectivity index (χ2n) is 8.38. The van der Waals surface area contributed by atoms with Crippen molar-refractivity contribution in [2.45, 2.75) is 25.7 Å². The van der Waals surface area contributed by atoms with Crippen molar-refractivity contribution in [3.63, 3.8) is 0 Å². The van der Waals surface area contributed by atoms with Gasteiger partial charge in [-0.1, -0.05) is 18.0 Å². The third-order valence-corrected chi connectivity index (χ3v) is 6.34. The minimum atomic E-state index is -0.150. The first-order chi connectivity index (χ1) is 15.6. The SMILES string of the molecule is Cl.O=C(c1ccc(Cl)cc1)N1CCN(c2ccc(OCCCN3CCCCC3)cc2)C(=O)C1. The number of hydrogen-bond donors (Lipinski definition) is 0. The maximum absolute atomic E-state index is 12.7. The van der Waals surface area contributed by atoms with Crippen molar-refractivity contribution >= 4 is 41.5 Å². The molecule has 0 aromatic heterocycles. The van der Waals surface area contributed by atoms with Gasteiger partial charge in [-0.3, -0.25) is 9.59 Å². The first-order valence-electron chi connectivity index (χ1n) is 11.4. The van der Waals surface area contributed by atoms with Crippen LogP contribution in [-0.2, 0) is 4.79 Å². The molecule has 2 saturated heterocycles. The van der Waals surface area contributed by atoms with E-state index in [4.69, 9.17) is 16.3 Å². The number of carbonyl (C=O) groups excluding carboxylic acids is 2. The number of ether oxygens (including phenoxy) is 1. The molecule has 0 spiro atoms. The number of halogens is 2. The molecule has 2 fully saturated rings. The molecule has 2 aliphatic rings. The van der Waals surface area contributed by atoms with Crippen LogP contribution in [0.2, 0.25) is 5.02 Å². The number of nitrogens with zero attached hydrogens (tertiary/aromatic N) is 3. The molecule has 178 valence electrons. The lowest BCUT2D eigenvalue weighted by molar-refractivity contribution is -0.120. The van der Waals surface area contributed by atoms with Crippen LogP contribution in [0, 0.1) is 0 Å². The first kappa shape index (κ1) is 25.3. The third-order valence-electron chi connectivity index (χ3n) is 6.08. The Kier molecular flexibility index (Phi) is 9.41. The van der Waals surface area contributed by atoms with Crippen LogP contribution < -0.4 is 9.64 Å². The van der Waals surface area contributed by atoms with Crippen LogP contribution in [0.15, 0.2) is 48.5 Å². The van der Waals surface area contributed by atoms with Crippen LogP contribution >= 0.6 is 24.0 Å². The molecule has 33 heavy (non-hydrogen) atoms. The molecule has 2 aromatic rings. The highest BCUT2D eigenvalue weighted by molar-refractivity contribution is 6.30. The zero-order valence-corrected chi connectivity index (χ0v) is 20.3. The first-order valence-corrected chi connectivity index (χ1v) is 11.8. The molecule has 0 saturated carbocycles. The van der Waals surface area contributed by atoms with E-state index >= 15 is 0 Å². The summed E-state index contributed by atoms with van der Waals surface area (Å²) in [6.07, 6.45) is 4.99. The molecule has 0 radical (unpaired) electrons. The van der Waals surface area contributed by atoms with Crippen molar-refractivity contribution in [2.24, 2.45) is 0 Å². The lowest BCUT2D eigenvalue weighted by atomic mass is 10.1. The van der Waals surface area contributed by atoms with Crippen LogP contribution in [0.3, 0.4) is 0 Å². The lowest BCUT2D eigenvalue weighted by Crippen LogP contribution is -2.52. The Morgan fingerprint density at radius 3 is 2.27 bits per heavy atom. The van der Waals surface area contributed by atoms with Gasteiger partial charge in [0.2, 0.25) is 5.91 Å². The fourth-order valence-corrected chi connectivity index (χ4v) is 4.40. The average molecular weight is 492 g/mol. The van der Waals surface area contributed by atoms with Gasteiger partial charge in [0.1, 0.15) is 12.3 Å². The van der Waals surface area contributed by atoms with Crippen LogP contribution in [0.5, 0.6) is 5.75 Å². The van der Waals surface area contributed by atoms with Crippen molar-refractivity contribution in [1.29, 1.82) is 0 Å². The largest absolute Gasteiger partial charge is 0.494 e. The van der Waals surface area contributed by atoms with E-state index in [0.717, 1.165) is 24.4 Å². The molecule has 0 atom stereocenters. The molecule has 2 aliphatic heterocycles. The van der Waals surface area contributed by atoms with E-state index in [1.165, 1.54) is 32.4 Å². The number of amides is 2.